The molecule has 0 aromatic rings. The van der Waals surface area contributed by atoms with Crippen molar-refractivity contribution < 1.29 is 0 Å². The van der Waals surface area contributed by atoms with Gasteiger partial charge in [-0.05, 0) is 30.1 Å². The van der Waals surface area contributed by atoms with Crippen LogP contribution >= 0.6 is 0 Å². The topological polar surface area (TPSA) is 0 Å². The van der Waals surface area contributed by atoms with E-state index in [-0.39, 0.29) is 0 Å². The van der Waals surface area contributed by atoms with Crippen LogP contribution in [0.2, 0.25) is 0 Å². The van der Waals surface area contributed by atoms with Crippen LogP contribution in [0.15, 0.2) is 0 Å². The first-order valence-corrected chi connectivity index (χ1v) is 6.08. The minimum Gasteiger partial charge on any atom is -0.0654 e. The van der Waals surface area contributed by atoms with Crippen LogP contribution in [0.3, 0.4) is 0 Å². The average Bonchev–Trinajstić information content (AvgIpc) is 2.02. The molecule has 13 heavy (non-hydrogen) atoms. The maximum absolute atomic E-state index is 2.48. The number of rotatable bonds is 3. The van der Waals surface area contributed by atoms with E-state index < -0.39 is 0 Å². The fraction of sp³-hybridized carbons (Fsp3) is 1.00. The molecule has 2 atom stereocenters. The van der Waals surface area contributed by atoms with Gasteiger partial charge in [-0.25, -0.2) is 0 Å². The van der Waals surface area contributed by atoms with E-state index in [9.17, 15) is 0 Å². The van der Waals surface area contributed by atoms with E-state index in [2.05, 4.69) is 27.7 Å². The van der Waals surface area contributed by atoms with E-state index in [1.165, 1.54) is 38.5 Å². The summed E-state index contributed by atoms with van der Waals surface area (Å²) in [5.74, 6) is 1.96. The van der Waals surface area contributed by atoms with Crippen molar-refractivity contribution in [1.82, 2.24) is 0 Å². The van der Waals surface area contributed by atoms with Crippen molar-refractivity contribution in [2.45, 2.75) is 66.2 Å². The first-order chi connectivity index (χ1) is 6.08. The molecule has 0 bridgehead atoms. The summed E-state index contributed by atoms with van der Waals surface area (Å²) in [4.78, 5) is 0. The van der Waals surface area contributed by atoms with Crippen molar-refractivity contribution in [2.24, 2.45) is 17.3 Å². The van der Waals surface area contributed by atoms with Crippen LogP contribution in [0.25, 0.3) is 0 Å². The SMILES string of the molecule is CCCCC1C(C)CCCC1(C)C. The lowest BCUT2D eigenvalue weighted by molar-refractivity contribution is 0.0745. The van der Waals surface area contributed by atoms with Gasteiger partial charge in [-0.2, -0.15) is 0 Å². The Hall–Kier alpha value is 0. The van der Waals surface area contributed by atoms with Gasteiger partial charge in [0, 0.05) is 0 Å². The van der Waals surface area contributed by atoms with Crippen molar-refractivity contribution in [3.05, 3.63) is 0 Å². The third-order valence-electron chi connectivity index (χ3n) is 4.04. The summed E-state index contributed by atoms with van der Waals surface area (Å²) in [6, 6.07) is 0. The molecule has 0 N–H and O–H groups in total. The first-order valence-electron chi connectivity index (χ1n) is 6.08. The smallest absolute Gasteiger partial charge is 0.0323 e. The normalized spacial score (nSPS) is 33.2. The molecule has 78 valence electrons. The highest BCUT2D eigenvalue weighted by atomic mass is 14.4. The van der Waals surface area contributed by atoms with Gasteiger partial charge in [-0.1, -0.05) is 53.4 Å². The van der Waals surface area contributed by atoms with Gasteiger partial charge in [0.05, 0.1) is 0 Å². The van der Waals surface area contributed by atoms with E-state index >= 15 is 0 Å². The van der Waals surface area contributed by atoms with E-state index in [4.69, 9.17) is 0 Å². The Balaban J connectivity index is 2.52. The zero-order chi connectivity index (χ0) is 9.90. The van der Waals surface area contributed by atoms with Crippen LogP contribution in [-0.2, 0) is 0 Å². The van der Waals surface area contributed by atoms with Crippen molar-refractivity contribution >= 4 is 0 Å². The summed E-state index contributed by atoms with van der Waals surface area (Å²) in [7, 11) is 0. The van der Waals surface area contributed by atoms with Gasteiger partial charge in [-0.3, -0.25) is 0 Å². The lowest BCUT2D eigenvalue weighted by Crippen LogP contribution is -2.33. The maximum Gasteiger partial charge on any atom is -0.0323 e. The van der Waals surface area contributed by atoms with Crippen LogP contribution in [0.1, 0.15) is 66.2 Å². The molecule has 1 aliphatic carbocycles. The van der Waals surface area contributed by atoms with Gasteiger partial charge in [0.25, 0.3) is 0 Å². The van der Waals surface area contributed by atoms with Crippen molar-refractivity contribution in [3.63, 3.8) is 0 Å². The summed E-state index contributed by atoms with van der Waals surface area (Å²) >= 11 is 0. The predicted molar refractivity (Wildman–Crippen MR) is 59.8 cm³/mol. The predicted octanol–water partition coefficient (Wildman–Crippen LogP) is 4.64. The molecule has 0 amide bonds. The number of hydrogen-bond donors (Lipinski definition) is 0. The molecule has 0 nitrogen and oxygen atoms in total. The summed E-state index contributed by atoms with van der Waals surface area (Å²) < 4.78 is 0. The molecule has 0 radical (unpaired) electrons. The lowest BCUT2D eigenvalue weighted by Gasteiger charge is -2.43. The molecule has 0 aromatic carbocycles. The van der Waals surface area contributed by atoms with E-state index in [0.717, 1.165) is 11.8 Å². The Kier molecular flexibility index (Phi) is 3.82. The molecule has 0 spiro atoms. The molecule has 0 heterocycles. The molecular weight excluding hydrogens is 156 g/mol. The molecule has 2 unspecified atom stereocenters. The second kappa shape index (κ2) is 4.48. The van der Waals surface area contributed by atoms with E-state index in [0.29, 0.717) is 5.41 Å². The minimum absolute atomic E-state index is 0.618. The maximum atomic E-state index is 2.48. The molecule has 1 saturated carbocycles. The Bertz CT molecular complexity index is 146. The summed E-state index contributed by atoms with van der Waals surface area (Å²) in [6.07, 6.45) is 8.63. The summed E-state index contributed by atoms with van der Waals surface area (Å²) in [6.45, 7) is 9.72. The molecule has 1 fully saturated rings. The van der Waals surface area contributed by atoms with Crippen LogP contribution in [0.5, 0.6) is 0 Å². The molecule has 1 rings (SSSR count). The van der Waals surface area contributed by atoms with Crippen LogP contribution in [0.4, 0.5) is 0 Å². The molecule has 0 aliphatic heterocycles. The third kappa shape index (κ3) is 2.72. The second-order valence-electron chi connectivity index (χ2n) is 5.61. The quantitative estimate of drug-likeness (QED) is 0.596. The van der Waals surface area contributed by atoms with Crippen molar-refractivity contribution in [1.29, 1.82) is 0 Å². The van der Waals surface area contributed by atoms with Crippen molar-refractivity contribution in [2.75, 3.05) is 0 Å². The number of unbranched alkanes of at least 4 members (excludes halogenated alkanes) is 1. The summed E-state index contributed by atoms with van der Waals surface area (Å²) in [5.41, 5.74) is 0.618. The molecule has 0 aromatic heterocycles. The lowest BCUT2D eigenvalue weighted by atomic mass is 9.62. The van der Waals surface area contributed by atoms with Gasteiger partial charge in [0.1, 0.15) is 0 Å². The van der Waals surface area contributed by atoms with E-state index in [1.807, 2.05) is 0 Å². The highest BCUT2D eigenvalue weighted by Crippen LogP contribution is 2.46. The minimum atomic E-state index is 0.618. The van der Waals surface area contributed by atoms with Gasteiger partial charge >= 0.3 is 0 Å². The van der Waals surface area contributed by atoms with E-state index in [1.54, 1.807) is 0 Å². The van der Waals surface area contributed by atoms with Gasteiger partial charge < -0.3 is 0 Å². The fourth-order valence-electron chi connectivity index (χ4n) is 3.14. The Morgan fingerprint density at radius 3 is 2.54 bits per heavy atom. The van der Waals surface area contributed by atoms with Gasteiger partial charge in [0.2, 0.25) is 0 Å². The standard InChI is InChI=1S/C13H26/c1-5-6-9-12-11(2)8-7-10-13(12,3)4/h11-12H,5-10H2,1-4H3. The highest BCUT2D eigenvalue weighted by molar-refractivity contribution is 4.86. The molecular formula is C13H26. The van der Waals surface area contributed by atoms with Crippen LogP contribution < -0.4 is 0 Å². The third-order valence-corrected chi connectivity index (χ3v) is 4.04. The Labute approximate surface area is 84.1 Å². The zero-order valence-corrected chi connectivity index (χ0v) is 9.90. The molecule has 1 aliphatic rings. The summed E-state index contributed by atoms with van der Waals surface area (Å²) in [5, 5.41) is 0. The Morgan fingerprint density at radius 1 is 1.31 bits per heavy atom. The fourth-order valence-corrected chi connectivity index (χ4v) is 3.14. The van der Waals surface area contributed by atoms with Crippen LogP contribution in [0, 0.1) is 17.3 Å². The average molecular weight is 182 g/mol. The van der Waals surface area contributed by atoms with Gasteiger partial charge in [0.15, 0.2) is 0 Å². The van der Waals surface area contributed by atoms with Crippen molar-refractivity contribution in [3.8, 4) is 0 Å². The van der Waals surface area contributed by atoms with Gasteiger partial charge in [-0.15, -0.1) is 0 Å². The molecule has 0 heteroatoms. The highest BCUT2D eigenvalue weighted by Gasteiger charge is 2.35. The number of hydrogen-bond acceptors (Lipinski definition) is 0. The Morgan fingerprint density at radius 2 is 2.00 bits per heavy atom. The monoisotopic (exact) mass is 182 g/mol. The second-order valence-corrected chi connectivity index (χ2v) is 5.61. The zero-order valence-electron chi connectivity index (χ0n) is 9.90. The molecule has 0 saturated heterocycles. The van der Waals surface area contributed by atoms with Crippen LogP contribution in [-0.4, -0.2) is 0 Å². The first kappa shape index (κ1) is 11.1. The largest absolute Gasteiger partial charge is 0.0654 e.